The molecule has 1 unspecified atom stereocenters. The van der Waals surface area contributed by atoms with E-state index >= 15 is 0 Å². The van der Waals surface area contributed by atoms with Crippen LogP contribution in [-0.4, -0.2) is 39.5 Å². The lowest BCUT2D eigenvalue weighted by molar-refractivity contribution is -0.148. The lowest BCUT2D eigenvalue weighted by Gasteiger charge is -2.20. The highest BCUT2D eigenvalue weighted by molar-refractivity contribution is 7.13. The number of aromatic nitrogens is 1. The van der Waals surface area contributed by atoms with Gasteiger partial charge in [-0.1, -0.05) is 23.8 Å². The van der Waals surface area contributed by atoms with Crippen molar-refractivity contribution in [2.45, 2.75) is 32.2 Å². The molecule has 0 radical (unpaired) electrons. The normalized spacial score (nSPS) is 17.4. The third-order valence-electron chi connectivity index (χ3n) is 4.01. The van der Waals surface area contributed by atoms with E-state index in [4.69, 9.17) is 5.11 Å². The van der Waals surface area contributed by atoms with Crippen molar-refractivity contribution in [2.24, 2.45) is 0 Å². The van der Waals surface area contributed by atoms with Crippen LogP contribution in [0.15, 0.2) is 29.6 Å². The van der Waals surface area contributed by atoms with Gasteiger partial charge in [0, 0.05) is 17.5 Å². The quantitative estimate of drug-likeness (QED) is 0.936. The summed E-state index contributed by atoms with van der Waals surface area (Å²) in [5, 5.41) is 11.9. The number of benzene rings is 1. The second-order valence-corrected chi connectivity index (χ2v) is 6.63. The van der Waals surface area contributed by atoms with Crippen LogP contribution < -0.4 is 0 Å². The Balaban J connectivity index is 1.72. The van der Waals surface area contributed by atoms with Gasteiger partial charge in [-0.25, -0.2) is 9.78 Å². The van der Waals surface area contributed by atoms with E-state index in [-0.39, 0.29) is 12.3 Å². The minimum atomic E-state index is -0.922. The maximum Gasteiger partial charge on any atom is 0.326 e. The highest BCUT2D eigenvalue weighted by atomic mass is 32.1. The van der Waals surface area contributed by atoms with Gasteiger partial charge in [0.25, 0.3) is 0 Å². The Morgan fingerprint density at radius 3 is 3.00 bits per heavy atom. The van der Waals surface area contributed by atoms with Gasteiger partial charge in [-0.15, -0.1) is 11.3 Å². The van der Waals surface area contributed by atoms with E-state index in [1.807, 2.05) is 30.5 Å². The Hall–Kier alpha value is -2.21. The summed E-state index contributed by atoms with van der Waals surface area (Å²) in [5.74, 6) is -1.08. The molecule has 6 heteroatoms. The minimum Gasteiger partial charge on any atom is -0.480 e. The number of rotatable bonds is 4. The zero-order valence-corrected chi connectivity index (χ0v) is 13.7. The summed E-state index contributed by atoms with van der Waals surface area (Å²) in [4.78, 5) is 29.5. The molecule has 1 aliphatic heterocycles. The van der Waals surface area contributed by atoms with E-state index in [1.165, 1.54) is 16.2 Å². The average molecular weight is 330 g/mol. The van der Waals surface area contributed by atoms with Crippen molar-refractivity contribution in [3.8, 4) is 10.6 Å². The summed E-state index contributed by atoms with van der Waals surface area (Å²) in [6.07, 6.45) is 1.44. The third kappa shape index (κ3) is 3.42. The van der Waals surface area contributed by atoms with Gasteiger partial charge in [-0.3, -0.25) is 4.79 Å². The van der Waals surface area contributed by atoms with Gasteiger partial charge in [0.15, 0.2) is 0 Å². The van der Waals surface area contributed by atoms with Crippen LogP contribution in [0.1, 0.15) is 24.1 Å². The Morgan fingerprint density at radius 1 is 1.43 bits per heavy atom. The largest absolute Gasteiger partial charge is 0.480 e. The molecular weight excluding hydrogens is 312 g/mol. The van der Waals surface area contributed by atoms with E-state index < -0.39 is 12.0 Å². The Bertz CT molecular complexity index is 741. The number of likely N-dealkylation sites (tertiary alicyclic amines) is 1. The Morgan fingerprint density at radius 2 is 2.26 bits per heavy atom. The van der Waals surface area contributed by atoms with Crippen LogP contribution in [0.4, 0.5) is 0 Å². The molecule has 1 saturated heterocycles. The number of hydrogen-bond donors (Lipinski definition) is 1. The van der Waals surface area contributed by atoms with Gasteiger partial charge in [0.2, 0.25) is 5.91 Å². The van der Waals surface area contributed by atoms with Crippen molar-refractivity contribution in [2.75, 3.05) is 6.54 Å². The molecule has 3 rings (SSSR count). The van der Waals surface area contributed by atoms with E-state index in [1.54, 1.807) is 0 Å². The lowest BCUT2D eigenvalue weighted by Crippen LogP contribution is -2.41. The number of aryl methyl sites for hydroxylation is 1. The van der Waals surface area contributed by atoms with Crippen molar-refractivity contribution >= 4 is 23.2 Å². The average Bonchev–Trinajstić information content (AvgIpc) is 3.16. The summed E-state index contributed by atoms with van der Waals surface area (Å²) in [7, 11) is 0. The van der Waals surface area contributed by atoms with E-state index in [0.29, 0.717) is 18.7 Å². The molecule has 23 heavy (non-hydrogen) atoms. The summed E-state index contributed by atoms with van der Waals surface area (Å²) in [5.41, 5.74) is 2.91. The number of nitrogens with zero attached hydrogens (tertiary/aromatic N) is 2. The highest BCUT2D eigenvalue weighted by Crippen LogP contribution is 2.25. The number of carboxylic acids is 1. The number of aliphatic carboxylic acids is 1. The fourth-order valence-corrected chi connectivity index (χ4v) is 3.69. The lowest BCUT2D eigenvalue weighted by atomic mass is 10.1. The Labute approximate surface area is 138 Å². The first-order valence-corrected chi connectivity index (χ1v) is 8.46. The fourth-order valence-electron chi connectivity index (χ4n) is 2.88. The number of amides is 1. The molecule has 1 atom stereocenters. The topological polar surface area (TPSA) is 70.5 Å². The minimum absolute atomic E-state index is 0.156. The van der Waals surface area contributed by atoms with Crippen LogP contribution in [0.3, 0.4) is 0 Å². The first-order chi connectivity index (χ1) is 11.0. The second kappa shape index (κ2) is 6.50. The van der Waals surface area contributed by atoms with Crippen molar-refractivity contribution in [3.63, 3.8) is 0 Å². The van der Waals surface area contributed by atoms with Crippen molar-refractivity contribution in [3.05, 3.63) is 40.9 Å². The highest BCUT2D eigenvalue weighted by Gasteiger charge is 2.33. The molecule has 1 fully saturated rings. The van der Waals surface area contributed by atoms with Gasteiger partial charge >= 0.3 is 5.97 Å². The van der Waals surface area contributed by atoms with E-state index in [9.17, 15) is 9.59 Å². The second-order valence-electron chi connectivity index (χ2n) is 5.77. The molecule has 0 saturated carbocycles. The van der Waals surface area contributed by atoms with Crippen LogP contribution in [0.25, 0.3) is 10.6 Å². The maximum atomic E-state index is 12.4. The van der Waals surface area contributed by atoms with Gasteiger partial charge in [0.1, 0.15) is 11.0 Å². The monoisotopic (exact) mass is 330 g/mol. The first kappa shape index (κ1) is 15.7. The van der Waals surface area contributed by atoms with Gasteiger partial charge in [-0.05, 0) is 25.8 Å². The molecule has 1 N–H and O–H groups in total. The summed E-state index contributed by atoms with van der Waals surface area (Å²) in [6.45, 7) is 2.55. The summed E-state index contributed by atoms with van der Waals surface area (Å²) < 4.78 is 0. The van der Waals surface area contributed by atoms with Crippen molar-refractivity contribution < 1.29 is 14.7 Å². The predicted octanol–water partition coefficient (Wildman–Crippen LogP) is 2.74. The van der Waals surface area contributed by atoms with Crippen LogP contribution in [0, 0.1) is 6.92 Å². The zero-order valence-electron chi connectivity index (χ0n) is 12.9. The zero-order chi connectivity index (χ0) is 16.4. The summed E-state index contributed by atoms with van der Waals surface area (Å²) in [6, 6.07) is 7.39. The molecule has 1 aromatic carbocycles. The number of hydrogen-bond acceptors (Lipinski definition) is 4. The molecule has 1 amide bonds. The standard InChI is InChI=1S/C17H18N2O3S/c1-11-4-2-5-12(8-11)16-18-13(10-23-16)9-15(20)19-7-3-6-14(19)17(21)22/h2,4-5,8,10,14H,3,6-7,9H2,1H3,(H,21,22). The number of carbonyl (C=O) groups excluding carboxylic acids is 1. The van der Waals surface area contributed by atoms with Gasteiger partial charge in [0.05, 0.1) is 12.1 Å². The predicted molar refractivity (Wildman–Crippen MR) is 88.4 cm³/mol. The van der Waals surface area contributed by atoms with E-state index in [2.05, 4.69) is 11.1 Å². The van der Waals surface area contributed by atoms with Crippen LogP contribution in [0.2, 0.25) is 0 Å². The molecule has 0 aliphatic carbocycles. The van der Waals surface area contributed by atoms with Crippen molar-refractivity contribution in [1.29, 1.82) is 0 Å². The van der Waals surface area contributed by atoms with Gasteiger partial charge < -0.3 is 10.0 Å². The van der Waals surface area contributed by atoms with Crippen LogP contribution in [0.5, 0.6) is 0 Å². The molecule has 2 heterocycles. The van der Waals surface area contributed by atoms with Crippen LogP contribution in [-0.2, 0) is 16.0 Å². The number of carboxylic acid groups (broad SMARTS) is 1. The molecule has 1 aliphatic rings. The van der Waals surface area contributed by atoms with E-state index in [0.717, 1.165) is 22.6 Å². The smallest absolute Gasteiger partial charge is 0.326 e. The first-order valence-electron chi connectivity index (χ1n) is 7.58. The molecule has 0 spiro atoms. The molecule has 0 bridgehead atoms. The summed E-state index contributed by atoms with van der Waals surface area (Å²) >= 11 is 1.50. The Kier molecular flexibility index (Phi) is 4.43. The molecule has 120 valence electrons. The fraction of sp³-hybridized carbons (Fsp3) is 0.353. The molecular formula is C17H18N2O3S. The van der Waals surface area contributed by atoms with Crippen molar-refractivity contribution in [1.82, 2.24) is 9.88 Å². The number of carbonyl (C=O) groups is 2. The molecule has 1 aromatic heterocycles. The van der Waals surface area contributed by atoms with Crippen LogP contribution >= 0.6 is 11.3 Å². The molecule has 5 nitrogen and oxygen atoms in total. The third-order valence-corrected chi connectivity index (χ3v) is 4.95. The SMILES string of the molecule is Cc1cccc(-c2nc(CC(=O)N3CCCC3C(=O)O)cs2)c1. The molecule has 2 aromatic rings. The van der Waals surface area contributed by atoms with Gasteiger partial charge in [-0.2, -0.15) is 0 Å². The number of thiazole rings is 1. The maximum absolute atomic E-state index is 12.4.